The van der Waals surface area contributed by atoms with Crippen LogP contribution < -0.4 is 0 Å². The fourth-order valence-corrected chi connectivity index (χ4v) is 3.63. The zero-order chi connectivity index (χ0) is 16.6. The number of carboxylic acids is 1. The molecule has 6 heteroatoms. The van der Waals surface area contributed by atoms with E-state index in [4.69, 9.17) is 0 Å². The number of fused-ring (bicyclic) bond motifs is 1. The zero-order valence-electron chi connectivity index (χ0n) is 13.0. The zero-order valence-corrected chi connectivity index (χ0v) is 13.8. The first kappa shape index (κ1) is 15.7. The topological polar surface area (TPSA) is 70.5 Å². The first-order valence-corrected chi connectivity index (χ1v) is 8.35. The number of nitrogens with zero attached hydrogens (tertiary/aromatic N) is 2. The second-order valence-electron chi connectivity index (χ2n) is 5.98. The van der Waals surface area contributed by atoms with E-state index in [0.29, 0.717) is 17.8 Å². The summed E-state index contributed by atoms with van der Waals surface area (Å²) in [6.07, 6.45) is 1.90. The minimum atomic E-state index is -0.971. The first-order chi connectivity index (χ1) is 11.0. The maximum absolute atomic E-state index is 12.8. The Labute approximate surface area is 138 Å². The third-order valence-corrected chi connectivity index (χ3v) is 5.31. The molecule has 2 aromatic rings. The quantitative estimate of drug-likeness (QED) is 0.939. The molecule has 1 aromatic carbocycles. The van der Waals surface area contributed by atoms with Gasteiger partial charge in [-0.25, -0.2) is 9.78 Å². The number of hydrogen-bond acceptors (Lipinski definition) is 4. The molecule has 0 fully saturated rings. The molecular formula is C17H18N2O3S. The van der Waals surface area contributed by atoms with Crippen molar-refractivity contribution < 1.29 is 14.7 Å². The molecule has 0 aliphatic carbocycles. The number of aromatic nitrogens is 1. The van der Waals surface area contributed by atoms with Gasteiger partial charge in [0.25, 0.3) is 5.91 Å². The maximum Gasteiger partial charge on any atom is 0.326 e. The van der Waals surface area contributed by atoms with Crippen molar-refractivity contribution in [2.45, 2.75) is 38.8 Å². The summed E-state index contributed by atoms with van der Waals surface area (Å²) in [6, 6.07) is 6.85. The highest BCUT2D eigenvalue weighted by molar-refractivity contribution is 7.13. The van der Waals surface area contributed by atoms with E-state index >= 15 is 0 Å². The van der Waals surface area contributed by atoms with Gasteiger partial charge < -0.3 is 10.0 Å². The van der Waals surface area contributed by atoms with Crippen molar-refractivity contribution in [3.05, 3.63) is 51.5 Å². The molecule has 1 aliphatic rings. The third kappa shape index (κ3) is 2.99. The number of carboxylic acid groups (broad SMARTS) is 1. The number of thiazole rings is 1. The average molecular weight is 330 g/mol. The van der Waals surface area contributed by atoms with Gasteiger partial charge in [-0.3, -0.25) is 4.79 Å². The Morgan fingerprint density at radius 2 is 2.00 bits per heavy atom. The number of hydrogen-bond donors (Lipinski definition) is 1. The molecule has 1 aromatic heterocycles. The highest BCUT2D eigenvalue weighted by Gasteiger charge is 2.35. The van der Waals surface area contributed by atoms with Crippen LogP contribution in [0.15, 0.2) is 30.5 Å². The summed E-state index contributed by atoms with van der Waals surface area (Å²) in [5, 5.41) is 10.4. The van der Waals surface area contributed by atoms with E-state index in [-0.39, 0.29) is 11.8 Å². The van der Waals surface area contributed by atoms with Gasteiger partial charge in [-0.2, -0.15) is 0 Å². The van der Waals surface area contributed by atoms with Gasteiger partial charge in [0, 0.05) is 18.9 Å². The highest BCUT2D eigenvalue weighted by Crippen LogP contribution is 2.28. The second kappa shape index (κ2) is 6.12. The van der Waals surface area contributed by atoms with Crippen molar-refractivity contribution >= 4 is 23.2 Å². The molecule has 5 nitrogen and oxygen atoms in total. The fourth-order valence-electron chi connectivity index (χ4n) is 2.75. The third-order valence-electron chi connectivity index (χ3n) is 4.02. The van der Waals surface area contributed by atoms with Gasteiger partial charge in [-0.15, -0.1) is 11.3 Å². The lowest BCUT2D eigenvalue weighted by Gasteiger charge is -2.34. The summed E-state index contributed by atoms with van der Waals surface area (Å²) in [5.74, 6) is -0.975. The molecular weight excluding hydrogens is 312 g/mol. The summed E-state index contributed by atoms with van der Waals surface area (Å²) in [6.45, 7) is 4.36. The van der Waals surface area contributed by atoms with Gasteiger partial charge in [-0.05, 0) is 11.1 Å². The monoisotopic (exact) mass is 330 g/mol. The number of carbonyl (C=O) groups excluding carboxylic acids is 1. The fraction of sp³-hybridized carbons (Fsp3) is 0.353. The average Bonchev–Trinajstić information content (AvgIpc) is 3.03. The van der Waals surface area contributed by atoms with E-state index in [1.807, 2.05) is 38.1 Å². The first-order valence-electron chi connectivity index (χ1n) is 7.53. The SMILES string of the molecule is CC(C)c1ncc(C(=O)N2Cc3ccccc3CC2C(=O)O)s1. The number of benzene rings is 1. The van der Waals surface area contributed by atoms with Crippen LogP contribution >= 0.6 is 11.3 Å². The summed E-state index contributed by atoms with van der Waals surface area (Å²) >= 11 is 1.34. The van der Waals surface area contributed by atoms with Crippen LogP contribution in [0.5, 0.6) is 0 Å². The van der Waals surface area contributed by atoms with E-state index in [1.54, 1.807) is 6.20 Å². The summed E-state index contributed by atoms with van der Waals surface area (Å²) in [5.41, 5.74) is 2.00. The van der Waals surface area contributed by atoms with Crippen molar-refractivity contribution in [1.29, 1.82) is 0 Å². The number of aliphatic carboxylic acids is 1. The molecule has 1 aliphatic heterocycles. The maximum atomic E-state index is 12.8. The standard InChI is InChI=1S/C17H18N2O3S/c1-10(2)15-18-8-14(23-15)16(20)19-9-12-6-4-3-5-11(12)7-13(19)17(21)22/h3-6,8,10,13H,7,9H2,1-2H3,(H,21,22). The molecule has 3 rings (SSSR count). The Balaban J connectivity index is 1.92. The van der Waals surface area contributed by atoms with Crippen LogP contribution in [0.1, 0.15) is 45.6 Å². The van der Waals surface area contributed by atoms with Gasteiger partial charge >= 0.3 is 5.97 Å². The summed E-state index contributed by atoms with van der Waals surface area (Å²) < 4.78 is 0. The van der Waals surface area contributed by atoms with Gasteiger partial charge in [0.2, 0.25) is 0 Å². The minimum Gasteiger partial charge on any atom is -0.480 e. The molecule has 0 saturated heterocycles. The lowest BCUT2D eigenvalue weighted by atomic mass is 9.94. The molecule has 1 N–H and O–H groups in total. The number of amides is 1. The van der Waals surface area contributed by atoms with Crippen molar-refractivity contribution in [3.63, 3.8) is 0 Å². The van der Waals surface area contributed by atoms with E-state index < -0.39 is 12.0 Å². The largest absolute Gasteiger partial charge is 0.480 e. The van der Waals surface area contributed by atoms with E-state index in [0.717, 1.165) is 16.1 Å². The van der Waals surface area contributed by atoms with Crippen molar-refractivity contribution in [1.82, 2.24) is 9.88 Å². The molecule has 120 valence electrons. The Bertz CT molecular complexity index is 754. The predicted molar refractivity (Wildman–Crippen MR) is 87.6 cm³/mol. The van der Waals surface area contributed by atoms with Crippen LogP contribution in [0.4, 0.5) is 0 Å². The number of rotatable bonds is 3. The molecule has 0 bridgehead atoms. The van der Waals surface area contributed by atoms with Crippen LogP contribution in [0.3, 0.4) is 0 Å². The molecule has 0 radical (unpaired) electrons. The van der Waals surface area contributed by atoms with Crippen molar-refractivity contribution in [3.8, 4) is 0 Å². The Kier molecular flexibility index (Phi) is 4.17. The van der Waals surface area contributed by atoms with Crippen LogP contribution in [-0.2, 0) is 17.8 Å². The van der Waals surface area contributed by atoms with Gasteiger partial charge in [0.1, 0.15) is 10.9 Å². The lowest BCUT2D eigenvalue weighted by Crippen LogP contribution is -2.48. The van der Waals surface area contributed by atoms with E-state index in [9.17, 15) is 14.7 Å². The Morgan fingerprint density at radius 3 is 2.61 bits per heavy atom. The molecule has 23 heavy (non-hydrogen) atoms. The molecule has 0 saturated carbocycles. The van der Waals surface area contributed by atoms with E-state index in [1.165, 1.54) is 16.2 Å². The minimum absolute atomic E-state index is 0.249. The molecule has 1 unspecified atom stereocenters. The van der Waals surface area contributed by atoms with Gasteiger partial charge in [0.05, 0.1) is 11.2 Å². The van der Waals surface area contributed by atoms with E-state index in [2.05, 4.69) is 4.98 Å². The molecule has 1 atom stereocenters. The molecule has 1 amide bonds. The summed E-state index contributed by atoms with van der Waals surface area (Å²) in [4.78, 5) is 30.6. The second-order valence-corrected chi connectivity index (χ2v) is 7.04. The highest BCUT2D eigenvalue weighted by atomic mass is 32.1. The van der Waals surface area contributed by atoms with Crippen LogP contribution in [-0.4, -0.2) is 32.9 Å². The van der Waals surface area contributed by atoms with Crippen LogP contribution in [0, 0.1) is 0 Å². The van der Waals surface area contributed by atoms with Gasteiger partial charge in [0.15, 0.2) is 0 Å². The molecule has 0 spiro atoms. The van der Waals surface area contributed by atoms with Gasteiger partial charge in [-0.1, -0.05) is 38.1 Å². The number of carbonyl (C=O) groups is 2. The lowest BCUT2D eigenvalue weighted by molar-refractivity contribution is -0.142. The summed E-state index contributed by atoms with van der Waals surface area (Å²) in [7, 11) is 0. The smallest absolute Gasteiger partial charge is 0.326 e. The van der Waals surface area contributed by atoms with Crippen LogP contribution in [0.2, 0.25) is 0 Å². The normalized spacial score (nSPS) is 17.2. The molecule has 2 heterocycles. The predicted octanol–water partition coefficient (Wildman–Crippen LogP) is 2.92. The Morgan fingerprint density at radius 1 is 1.30 bits per heavy atom. The Hall–Kier alpha value is -2.21. The van der Waals surface area contributed by atoms with Crippen molar-refractivity contribution in [2.75, 3.05) is 0 Å². The van der Waals surface area contributed by atoms with Crippen molar-refractivity contribution in [2.24, 2.45) is 0 Å². The van der Waals surface area contributed by atoms with Crippen LogP contribution in [0.25, 0.3) is 0 Å².